The number of halogens is 2. The summed E-state index contributed by atoms with van der Waals surface area (Å²) >= 11 is 3.41. The molecule has 2 aromatic rings. The third kappa shape index (κ3) is 6.73. The third-order valence-corrected chi connectivity index (χ3v) is 4.00. The molecule has 0 fully saturated rings. The summed E-state index contributed by atoms with van der Waals surface area (Å²) < 4.78 is 1.02. The van der Waals surface area contributed by atoms with Crippen LogP contribution in [0.15, 0.2) is 59.1 Å². The van der Waals surface area contributed by atoms with Gasteiger partial charge in [0.05, 0.1) is 6.42 Å². The Labute approximate surface area is 152 Å². The Morgan fingerprint density at radius 3 is 2.26 bits per heavy atom. The summed E-state index contributed by atoms with van der Waals surface area (Å²) in [6.07, 6.45) is 1.24. The van der Waals surface area contributed by atoms with Crippen LogP contribution < -0.4 is 5.73 Å². The smallest absolute Gasteiger partial charge is 0.227 e. The van der Waals surface area contributed by atoms with Crippen molar-refractivity contribution in [3.8, 4) is 0 Å². The van der Waals surface area contributed by atoms with E-state index in [0.29, 0.717) is 26.1 Å². The summed E-state index contributed by atoms with van der Waals surface area (Å²) in [7, 11) is 0. The minimum Gasteiger partial charge on any atom is -0.338 e. The number of rotatable bonds is 7. The first-order valence-corrected chi connectivity index (χ1v) is 8.24. The molecule has 124 valence electrons. The number of hydrogen-bond acceptors (Lipinski definition) is 2. The fraction of sp³-hybridized carbons (Fsp3) is 0.278. The molecule has 3 nitrogen and oxygen atoms in total. The minimum absolute atomic E-state index is 0. The van der Waals surface area contributed by atoms with Crippen molar-refractivity contribution in [3.63, 3.8) is 0 Å². The molecule has 0 aromatic heterocycles. The quantitative estimate of drug-likeness (QED) is 0.772. The molecule has 2 N–H and O–H groups in total. The van der Waals surface area contributed by atoms with Crippen molar-refractivity contribution in [2.45, 2.75) is 19.4 Å². The van der Waals surface area contributed by atoms with E-state index in [1.165, 1.54) is 0 Å². The highest BCUT2D eigenvalue weighted by atomic mass is 79.9. The van der Waals surface area contributed by atoms with Gasteiger partial charge in [0.2, 0.25) is 5.91 Å². The Bertz CT molecular complexity index is 590. The topological polar surface area (TPSA) is 46.3 Å². The van der Waals surface area contributed by atoms with Crippen LogP contribution in [0.3, 0.4) is 0 Å². The summed E-state index contributed by atoms with van der Waals surface area (Å²) in [5, 5.41) is 0. The van der Waals surface area contributed by atoms with Gasteiger partial charge >= 0.3 is 0 Å². The maximum absolute atomic E-state index is 12.6. The van der Waals surface area contributed by atoms with Gasteiger partial charge in [-0.15, -0.1) is 12.4 Å². The summed E-state index contributed by atoms with van der Waals surface area (Å²) in [5.74, 6) is 0.139. The summed E-state index contributed by atoms with van der Waals surface area (Å²) in [6.45, 7) is 1.92. The normalized spacial score (nSPS) is 10.0. The standard InChI is InChI=1S/C18H21BrN2O.ClH/c19-17-9-7-15(8-10-17)13-18(22)21(12-4-11-20)14-16-5-2-1-3-6-16;/h1-3,5-10H,4,11-14,20H2;1H. The first-order valence-electron chi connectivity index (χ1n) is 7.45. The Balaban J connectivity index is 0.00000264. The number of nitrogens with zero attached hydrogens (tertiary/aromatic N) is 1. The zero-order chi connectivity index (χ0) is 15.8. The summed E-state index contributed by atoms with van der Waals surface area (Å²) in [5.41, 5.74) is 7.77. The second-order valence-corrected chi connectivity index (χ2v) is 6.16. The first kappa shape index (κ1) is 19.7. The maximum Gasteiger partial charge on any atom is 0.227 e. The largest absolute Gasteiger partial charge is 0.338 e. The number of carbonyl (C=O) groups is 1. The van der Waals surface area contributed by atoms with Crippen molar-refractivity contribution in [2.24, 2.45) is 5.73 Å². The Morgan fingerprint density at radius 1 is 1.00 bits per heavy atom. The van der Waals surface area contributed by atoms with Crippen LogP contribution in [-0.4, -0.2) is 23.9 Å². The number of amides is 1. The van der Waals surface area contributed by atoms with Crippen molar-refractivity contribution < 1.29 is 4.79 Å². The van der Waals surface area contributed by atoms with Gasteiger partial charge in [-0.2, -0.15) is 0 Å². The van der Waals surface area contributed by atoms with Gasteiger partial charge in [0.15, 0.2) is 0 Å². The number of hydrogen-bond donors (Lipinski definition) is 1. The van der Waals surface area contributed by atoms with Gasteiger partial charge < -0.3 is 10.6 Å². The van der Waals surface area contributed by atoms with Crippen LogP contribution in [0.1, 0.15) is 17.5 Å². The van der Waals surface area contributed by atoms with Crippen LogP contribution >= 0.6 is 28.3 Å². The van der Waals surface area contributed by atoms with Gasteiger partial charge in [-0.25, -0.2) is 0 Å². The molecule has 2 rings (SSSR count). The second kappa shape index (κ2) is 10.4. The van der Waals surface area contributed by atoms with Gasteiger partial charge in [-0.05, 0) is 36.2 Å². The van der Waals surface area contributed by atoms with E-state index in [0.717, 1.165) is 22.0 Å². The molecule has 1 amide bonds. The van der Waals surface area contributed by atoms with E-state index in [9.17, 15) is 4.79 Å². The SMILES string of the molecule is Cl.NCCCN(Cc1ccccc1)C(=O)Cc1ccc(Br)cc1. The average molecular weight is 398 g/mol. The van der Waals surface area contributed by atoms with Gasteiger partial charge in [0.25, 0.3) is 0 Å². The molecular formula is C18H22BrClN2O. The number of benzene rings is 2. The predicted molar refractivity (Wildman–Crippen MR) is 101 cm³/mol. The van der Waals surface area contributed by atoms with Crippen LogP contribution in [-0.2, 0) is 17.8 Å². The van der Waals surface area contributed by atoms with Crippen LogP contribution in [0.4, 0.5) is 0 Å². The van der Waals surface area contributed by atoms with E-state index in [1.807, 2.05) is 59.5 Å². The molecule has 0 spiro atoms. The van der Waals surface area contributed by atoms with E-state index in [4.69, 9.17) is 5.73 Å². The highest BCUT2D eigenvalue weighted by Crippen LogP contribution is 2.13. The van der Waals surface area contributed by atoms with Crippen molar-refractivity contribution in [3.05, 3.63) is 70.2 Å². The van der Waals surface area contributed by atoms with E-state index in [1.54, 1.807) is 0 Å². The average Bonchev–Trinajstić information content (AvgIpc) is 2.54. The lowest BCUT2D eigenvalue weighted by Gasteiger charge is -2.23. The van der Waals surface area contributed by atoms with Crippen molar-refractivity contribution in [2.75, 3.05) is 13.1 Å². The van der Waals surface area contributed by atoms with E-state index in [-0.39, 0.29) is 18.3 Å². The molecule has 0 aliphatic rings. The van der Waals surface area contributed by atoms with Crippen LogP contribution in [0.5, 0.6) is 0 Å². The third-order valence-electron chi connectivity index (χ3n) is 3.47. The molecule has 0 atom stereocenters. The van der Waals surface area contributed by atoms with Gasteiger partial charge in [0.1, 0.15) is 0 Å². The fourth-order valence-corrected chi connectivity index (χ4v) is 2.53. The molecule has 0 saturated heterocycles. The molecule has 0 saturated carbocycles. The van der Waals surface area contributed by atoms with Gasteiger partial charge in [0, 0.05) is 17.6 Å². The second-order valence-electron chi connectivity index (χ2n) is 5.25. The van der Waals surface area contributed by atoms with Crippen molar-refractivity contribution in [1.29, 1.82) is 0 Å². The van der Waals surface area contributed by atoms with Crippen molar-refractivity contribution >= 4 is 34.2 Å². The van der Waals surface area contributed by atoms with E-state index >= 15 is 0 Å². The van der Waals surface area contributed by atoms with Crippen LogP contribution in [0.25, 0.3) is 0 Å². The molecule has 23 heavy (non-hydrogen) atoms. The molecular weight excluding hydrogens is 376 g/mol. The number of nitrogens with two attached hydrogens (primary N) is 1. The molecule has 0 radical (unpaired) electrons. The lowest BCUT2D eigenvalue weighted by molar-refractivity contribution is -0.131. The molecule has 0 bridgehead atoms. The molecule has 0 aliphatic carbocycles. The molecule has 0 unspecified atom stereocenters. The Hall–Kier alpha value is -1.36. The summed E-state index contributed by atoms with van der Waals surface area (Å²) in [4.78, 5) is 14.5. The van der Waals surface area contributed by atoms with E-state index in [2.05, 4.69) is 15.9 Å². The van der Waals surface area contributed by atoms with Gasteiger partial charge in [-0.1, -0.05) is 58.4 Å². The zero-order valence-electron chi connectivity index (χ0n) is 13.0. The van der Waals surface area contributed by atoms with Crippen molar-refractivity contribution in [1.82, 2.24) is 4.90 Å². The molecule has 0 aliphatic heterocycles. The van der Waals surface area contributed by atoms with Gasteiger partial charge in [-0.3, -0.25) is 4.79 Å². The summed E-state index contributed by atoms with van der Waals surface area (Å²) in [6, 6.07) is 17.9. The molecule has 2 aromatic carbocycles. The fourth-order valence-electron chi connectivity index (χ4n) is 2.27. The predicted octanol–water partition coefficient (Wildman–Crippen LogP) is 3.79. The Kier molecular flexibility index (Phi) is 8.92. The first-order chi connectivity index (χ1) is 10.7. The monoisotopic (exact) mass is 396 g/mol. The van der Waals surface area contributed by atoms with Crippen LogP contribution in [0.2, 0.25) is 0 Å². The maximum atomic E-state index is 12.6. The molecule has 5 heteroatoms. The lowest BCUT2D eigenvalue weighted by atomic mass is 10.1. The molecule has 0 heterocycles. The highest BCUT2D eigenvalue weighted by Gasteiger charge is 2.14. The highest BCUT2D eigenvalue weighted by molar-refractivity contribution is 9.10. The lowest BCUT2D eigenvalue weighted by Crippen LogP contribution is -2.33. The van der Waals surface area contributed by atoms with E-state index < -0.39 is 0 Å². The zero-order valence-corrected chi connectivity index (χ0v) is 15.4. The minimum atomic E-state index is 0. The number of carbonyl (C=O) groups excluding carboxylic acids is 1. The Morgan fingerprint density at radius 2 is 1.65 bits per heavy atom. The van der Waals surface area contributed by atoms with Crippen LogP contribution in [0, 0.1) is 0 Å².